The summed E-state index contributed by atoms with van der Waals surface area (Å²) in [4.78, 5) is 22.7. The Balaban J connectivity index is 1.39. The summed E-state index contributed by atoms with van der Waals surface area (Å²) in [5, 5.41) is 16.0. The fraction of sp³-hybridized carbons (Fsp3) is 0.292. The Kier molecular flexibility index (Phi) is 5.73. The summed E-state index contributed by atoms with van der Waals surface area (Å²) in [5.74, 6) is 0.365. The summed E-state index contributed by atoms with van der Waals surface area (Å²) in [6, 6.07) is 11.8. The molecule has 3 aromatic heterocycles. The molecule has 0 spiro atoms. The molecule has 7 nitrogen and oxygen atoms in total. The van der Waals surface area contributed by atoms with Crippen LogP contribution in [0.2, 0.25) is 0 Å². The van der Waals surface area contributed by atoms with E-state index in [1.54, 1.807) is 6.26 Å². The number of hydrogen-bond donors (Lipinski definition) is 2. The Hall–Kier alpha value is -3.07. The number of ether oxygens (including phenoxy) is 1. The van der Waals surface area contributed by atoms with Crippen LogP contribution in [-0.4, -0.2) is 46.3 Å². The maximum Gasteiger partial charge on any atom is 0.270 e. The van der Waals surface area contributed by atoms with Gasteiger partial charge in [-0.2, -0.15) is 0 Å². The average Bonchev–Trinajstić information content (AvgIpc) is 3.45. The fourth-order valence-electron chi connectivity index (χ4n) is 3.92. The van der Waals surface area contributed by atoms with E-state index in [4.69, 9.17) is 9.15 Å². The van der Waals surface area contributed by atoms with Crippen molar-refractivity contribution in [2.24, 2.45) is 0 Å². The molecule has 1 aromatic carbocycles. The van der Waals surface area contributed by atoms with Crippen molar-refractivity contribution in [2.45, 2.75) is 31.9 Å². The Morgan fingerprint density at radius 3 is 2.84 bits per heavy atom. The van der Waals surface area contributed by atoms with Crippen LogP contribution in [0, 0.1) is 6.92 Å². The third-order valence-corrected chi connectivity index (χ3v) is 6.47. The van der Waals surface area contributed by atoms with Gasteiger partial charge >= 0.3 is 0 Å². The van der Waals surface area contributed by atoms with Crippen LogP contribution in [0.1, 0.15) is 33.9 Å². The minimum atomic E-state index is -0.704. The number of amides is 1. The summed E-state index contributed by atoms with van der Waals surface area (Å²) < 4.78 is 10.5. The molecule has 2 atom stereocenters. The molecule has 4 aromatic rings. The number of benzene rings is 1. The number of fused-ring (bicyclic) bond motifs is 1. The second-order valence-corrected chi connectivity index (χ2v) is 8.84. The molecule has 32 heavy (non-hydrogen) atoms. The van der Waals surface area contributed by atoms with E-state index in [9.17, 15) is 9.90 Å². The third kappa shape index (κ3) is 4.29. The van der Waals surface area contributed by atoms with E-state index in [-0.39, 0.29) is 18.6 Å². The quantitative estimate of drug-likeness (QED) is 0.482. The van der Waals surface area contributed by atoms with Crippen molar-refractivity contribution < 1.29 is 19.1 Å². The van der Waals surface area contributed by atoms with Gasteiger partial charge in [0.15, 0.2) is 5.89 Å². The number of carbonyl (C=O) groups is 1. The van der Waals surface area contributed by atoms with Crippen LogP contribution >= 0.6 is 11.3 Å². The molecule has 0 bridgehead atoms. The predicted octanol–water partition coefficient (Wildman–Crippen LogP) is 3.73. The van der Waals surface area contributed by atoms with Gasteiger partial charge in [0.2, 0.25) is 0 Å². The Labute approximate surface area is 189 Å². The summed E-state index contributed by atoms with van der Waals surface area (Å²) >= 11 is 1.51. The van der Waals surface area contributed by atoms with Gasteiger partial charge in [0.05, 0.1) is 18.8 Å². The van der Waals surface area contributed by atoms with Crippen LogP contribution < -0.4 is 5.32 Å². The largest absolute Gasteiger partial charge is 0.449 e. The van der Waals surface area contributed by atoms with Crippen LogP contribution in [0.5, 0.6) is 0 Å². The molecule has 0 aliphatic carbocycles. The lowest BCUT2D eigenvalue weighted by Crippen LogP contribution is -2.48. The van der Waals surface area contributed by atoms with E-state index < -0.39 is 6.10 Å². The van der Waals surface area contributed by atoms with Crippen molar-refractivity contribution in [1.82, 2.24) is 15.3 Å². The molecule has 1 fully saturated rings. The lowest BCUT2D eigenvalue weighted by atomic mass is 10.0. The van der Waals surface area contributed by atoms with Gasteiger partial charge in [-0.3, -0.25) is 4.79 Å². The van der Waals surface area contributed by atoms with Crippen LogP contribution in [0.4, 0.5) is 0 Å². The first-order valence-electron chi connectivity index (χ1n) is 10.5. The van der Waals surface area contributed by atoms with Crippen LogP contribution in [-0.2, 0) is 11.2 Å². The molecule has 2 N–H and O–H groups in total. The minimum Gasteiger partial charge on any atom is -0.449 e. The number of pyridine rings is 1. The summed E-state index contributed by atoms with van der Waals surface area (Å²) in [7, 11) is 0. The first-order chi connectivity index (χ1) is 15.6. The monoisotopic (exact) mass is 449 g/mol. The number of rotatable bonds is 5. The first-order valence-corrected chi connectivity index (χ1v) is 11.4. The Morgan fingerprint density at radius 2 is 2.09 bits per heavy atom. The highest BCUT2D eigenvalue weighted by atomic mass is 32.1. The molecule has 1 amide bonds. The van der Waals surface area contributed by atoms with E-state index in [1.165, 1.54) is 11.3 Å². The summed E-state index contributed by atoms with van der Waals surface area (Å²) in [6.07, 6.45) is 2.21. The molecular formula is C24H23N3O4S. The number of aromatic nitrogens is 2. The molecule has 0 saturated carbocycles. The number of oxazole rings is 1. The van der Waals surface area contributed by atoms with Crippen LogP contribution in [0.25, 0.3) is 21.5 Å². The Bertz CT molecular complexity index is 1250. The number of hydrogen-bond acceptors (Lipinski definition) is 7. The maximum atomic E-state index is 12.9. The molecule has 1 aliphatic rings. The highest BCUT2D eigenvalue weighted by Crippen LogP contribution is 2.27. The summed E-state index contributed by atoms with van der Waals surface area (Å²) in [6.45, 7) is 2.58. The van der Waals surface area contributed by atoms with Gasteiger partial charge in [-0.05, 0) is 41.5 Å². The second-order valence-electron chi connectivity index (χ2n) is 7.94. The number of nitrogens with one attached hydrogen (secondary N) is 1. The van der Waals surface area contributed by atoms with E-state index in [1.807, 2.05) is 36.6 Å². The molecule has 1 aliphatic heterocycles. The SMILES string of the molecule is Cc1nc(-c2ccc(Cc3cc(C(=O)N[C@H]4CCOC[C@@H]4O)nc4sccc34)cc2)co1. The number of aryl methyl sites for hydroxylation is 1. The molecule has 164 valence electrons. The van der Waals surface area contributed by atoms with E-state index in [2.05, 4.69) is 27.4 Å². The number of aliphatic hydroxyl groups excluding tert-OH is 1. The summed E-state index contributed by atoms with van der Waals surface area (Å²) in [5.41, 5.74) is 4.34. The van der Waals surface area contributed by atoms with Crippen molar-refractivity contribution >= 4 is 27.5 Å². The molecule has 8 heteroatoms. The maximum absolute atomic E-state index is 12.9. The number of nitrogens with zero attached hydrogens (tertiary/aromatic N) is 2. The predicted molar refractivity (Wildman–Crippen MR) is 122 cm³/mol. The average molecular weight is 450 g/mol. The molecule has 5 rings (SSSR count). The van der Waals surface area contributed by atoms with Gasteiger partial charge in [0.1, 0.15) is 22.5 Å². The molecule has 4 heterocycles. The normalized spacial score (nSPS) is 18.7. The number of carbonyl (C=O) groups excluding carboxylic acids is 1. The van der Waals surface area contributed by atoms with Gasteiger partial charge in [-0.1, -0.05) is 24.3 Å². The van der Waals surface area contributed by atoms with Crippen molar-refractivity contribution in [3.63, 3.8) is 0 Å². The molecule has 0 radical (unpaired) electrons. The highest BCUT2D eigenvalue weighted by Gasteiger charge is 2.26. The second kappa shape index (κ2) is 8.82. The van der Waals surface area contributed by atoms with Gasteiger partial charge in [0, 0.05) is 24.5 Å². The van der Waals surface area contributed by atoms with Gasteiger partial charge < -0.3 is 19.6 Å². The first kappa shape index (κ1) is 20.8. The van der Waals surface area contributed by atoms with E-state index in [0.717, 1.165) is 32.6 Å². The third-order valence-electron chi connectivity index (χ3n) is 5.66. The van der Waals surface area contributed by atoms with Crippen LogP contribution in [0.15, 0.2) is 52.5 Å². The Morgan fingerprint density at radius 1 is 1.25 bits per heavy atom. The number of aliphatic hydroxyl groups is 1. The molecule has 1 saturated heterocycles. The van der Waals surface area contributed by atoms with Gasteiger partial charge in [0.25, 0.3) is 5.91 Å². The zero-order valence-corrected chi connectivity index (χ0v) is 18.4. The lowest BCUT2D eigenvalue weighted by Gasteiger charge is -2.28. The van der Waals surface area contributed by atoms with Gasteiger partial charge in [-0.25, -0.2) is 9.97 Å². The smallest absolute Gasteiger partial charge is 0.270 e. The van der Waals surface area contributed by atoms with Crippen LogP contribution in [0.3, 0.4) is 0 Å². The van der Waals surface area contributed by atoms with Crippen molar-refractivity contribution in [3.05, 3.63) is 70.8 Å². The topological polar surface area (TPSA) is 97.5 Å². The van der Waals surface area contributed by atoms with E-state index in [0.29, 0.717) is 31.0 Å². The minimum absolute atomic E-state index is 0.234. The zero-order chi connectivity index (χ0) is 22.1. The zero-order valence-electron chi connectivity index (χ0n) is 17.6. The van der Waals surface area contributed by atoms with Crippen molar-refractivity contribution in [1.29, 1.82) is 0 Å². The standard InChI is InChI=1S/C24H23N3O4S/c1-14-25-21(12-31-14)16-4-2-15(3-5-16)10-17-11-20(27-24-18(17)7-9-32-24)23(29)26-19-6-8-30-13-22(19)28/h2-5,7,9,11-12,19,22,28H,6,8,10,13H2,1H3,(H,26,29)/t19-,22-/m0/s1. The highest BCUT2D eigenvalue weighted by molar-refractivity contribution is 7.16. The van der Waals surface area contributed by atoms with Gasteiger partial charge in [-0.15, -0.1) is 11.3 Å². The molecule has 0 unspecified atom stereocenters. The number of thiophene rings is 1. The molecular weight excluding hydrogens is 426 g/mol. The lowest BCUT2D eigenvalue weighted by molar-refractivity contribution is -0.0261. The van der Waals surface area contributed by atoms with Crippen molar-refractivity contribution in [2.75, 3.05) is 13.2 Å². The van der Waals surface area contributed by atoms with E-state index >= 15 is 0 Å². The van der Waals surface area contributed by atoms with Crippen molar-refractivity contribution in [3.8, 4) is 11.3 Å². The fourth-order valence-corrected chi connectivity index (χ4v) is 4.73.